The van der Waals surface area contributed by atoms with Gasteiger partial charge >= 0.3 is 0 Å². The van der Waals surface area contributed by atoms with Gasteiger partial charge in [0.15, 0.2) is 0 Å². The van der Waals surface area contributed by atoms with Gasteiger partial charge in [0.1, 0.15) is 10.9 Å². The predicted octanol–water partition coefficient (Wildman–Crippen LogP) is 8.84. The van der Waals surface area contributed by atoms with E-state index in [9.17, 15) is 14.4 Å². The molecule has 0 saturated heterocycles. The zero-order valence-electron chi connectivity index (χ0n) is 25.3. The number of rotatable bonds is 10. The Morgan fingerprint density at radius 2 is 1.41 bits per heavy atom. The summed E-state index contributed by atoms with van der Waals surface area (Å²) in [6, 6.07) is 38.4. The Labute approximate surface area is 277 Å². The minimum atomic E-state index is -0.512. The van der Waals surface area contributed by atoms with Crippen molar-refractivity contribution >= 4 is 58.5 Å². The van der Waals surface area contributed by atoms with Crippen LogP contribution in [-0.2, 0) is 9.59 Å². The molecule has 3 amide bonds. The van der Waals surface area contributed by atoms with Gasteiger partial charge in [0.25, 0.3) is 11.8 Å². The molecular weight excluding hydrogens is 614 g/mol. The van der Waals surface area contributed by atoms with Crippen molar-refractivity contribution in [2.24, 2.45) is 0 Å². The molecule has 0 saturated carbocycles. The van der Waals surface area contributed by atoms with Gasteiger partial charge in [-0.1, -0.05) is 84.4 Å². The standard InChI is InChI=1S/C38H32ClN3O3S/c1-25-11-9-18-33(26(25)2)41-38(45)35(28-13-5-3-6-14-28)46-32-21-19-31(20-22-32)40-37(44)34(24-27-12-10-17-30(39)23-27)42-36(43)29-15-7-4-8-16-29/h3-24,35H,1-2H3,(H,40,44)(H,41,45)(H,42,43)/b34-24-. The topological polar surface area (TPSA) is 87.3 Å². The molecule has 5 aromatic carbocycles. The average molecular weight is 646 g/mol. The van der Waals surface area contributed by atoms with Crippen molar-refractivity contribution in [1.29, 1.82) is 0 Å². The molecular formula is C38H32ClN3O3S. The van der Waals surface area contributed by atoms with Gasteiger partial charge in [-0.15, -0.1) is 11.8 Å². The quantitative estimate of drug-likeness (QED) is 0.105. The lowest BCUT2D eigenvalue weighted by Crippen LogP contribution is -2.30. The van der Waals surface area contributed by atoms with E-state index < -0.39 is 17.1 Å². The van der Waals surface area contributed by atoms with Crippen molar-refractivity contribution < 1.29 is 14.4 Å². The molecule has 46 heavy (non-hydrogen) atoms. The summed E-state index contributed by atoms with van der Waals surface area (Å²) in [5.41, 5.74) is 5.44. The second-order valence-corrected chi connectivity index (χ2v) is 12.2. The highest BCUT2D eigenvalue weighted by atomic mass is 35.5. The first-order valence-corrected chi connectivity index (χ1v) is 15.9. The van der Waals surface area contributed by atoms with E-state index in [1.807, 2.05) is 80.6 Å². The maximum absolute atomic E-state index is 13.6. The number of halogens is 1. The van der Waals surface area contributed by atoms with Gasteiger partial charge in [-0.05, 0) is 96.8 Å². The molecule has 3 N–H and O–H groups in total. The molecule has 1 atom stereocenters. The van der Waals surface area contributed by atoms with Crippen LogP contribution >= 0.6 is 23.4 Å². The average Bonchev–Trinajstić information content (AvgIpc) is 3.07. The summed E-state index contributed by atoms with van der Waals surface area (Å²) in [5, 5.41) is 8.70. The molecule has 5 aromatic rings. The van der Waals surface area contributed by atoms with Crippen LogP contribution in [0.5, 0.6) is 0 Å². The molecule has 1 unspecified atom stereocenters. The molecule has 0 fully saturated rings. The SMILES string of the molecule is Cc1cccc(NC(=O)C(Sc2ccc(NC(=O)/C(=C/c3cccc(Cl)c3)NC(=O)c3ccccc3)cc2)c2ccccc2)c1C. The Balaban J connectivity index is 1.33. The van der Waals surface area contributed by atoms with E-state index in [2.05, 4.69) is 16.0 Å². The van der Waals surface area contributed by atoms with E-state index in [0.717, 1.165) is 27.3 Å². The van der Waals surface area contributed by atoms with Gasteiger partial charge in [-0.3, -0.25) is 14.4 Å². The number of thioether (sulfide) groups is 1. The van der Waals surface area contributed by atoms with Crippen LogP contribution in [0.2, 0.25) is 5.02 Å². The van der Waals surface area contributed by atoms with E-state index in [4.69, 9.17) is 11.6 Å². The fourth-order valence-electron chi connectivity index (χ4n) is 4.64. The summed E-state index contributed by atoms with van der Waals surface area (Å²) >= 11 is 7.57. The van der Waals surface area contributed by atoms with Gasteiger partial charge in [0.2, 0.25) is 5.91 Å². The fourth-order valence-corrected chi connectivity index (χ4v) is 5.87. The Morgan fingerprint density at radius 3 is 2.11 bits per heavy atom. The highest BCUT2D eigenvalue weighted by Gasteiger charge is 2.23. The monoisotopic (exact) mass is 645 g/mol. The minimum Gasteiger partial charge on any atom is -0.325 e. The lowest BCUT2D eigenvalue weighted by atomic mass is 10.1. The number of anilines is 2. The molecule has 6 nitrogen and oxygen atoms in total. The number of carbonyl (C=O) groups is 3. The van der Waals surface area contributed by atoms with Gasteiger partial charge in [0.05, 0.1) is 0 Å². The van der Waals surface area contributed by atoms with E-state index >= 15 is 0 Å². The molecule has 0 aliphatic heterocycles. The first-order chi connectivity index (χ1) is 22.3. The Kier molecular flexibility index (Phi) is 10.7. The van der Waals surface area contributed by atoms with Crippen LogP contribution in [0.4, 0.5) is 11.4 Å². The van der Waals surface area contributed by atoms with Crippen molar-refractivity contribution in [2.75, 3.05) is 10.6 Å². The van der Waals surface area contributed by atoms with Gasteiger partial charge < -0.3 is 16.0 Å². The van der Waals surface area contributed by atoms with Crippen molar-refractivity contribution in [3.63, 3.8) is 0 Å². The zero-order valence-corrected chi connectivity index (χ0v) is 26.9. The second-order valence-electron chi connectivity index (χ2n) is 10.6. The van der Waals surface area contributed by atoms with Crippen molar-refractivity contribution in [3.8, 4) is 0 Å². The predicted molar refractivity (Wildman–Crippen MR) is 188 cm³/mol. The molecule has 0 spiro atoms. The fraction of sp³-hybridized carbons (Fsp3) is 0.0789. The summed E-state index contributed by atoms with van der Waals surface area (Å²) in [4.78, 5) is 40.8. The lowest BCUT2D eigenvalue weighted by Gasteiger charge is -2.19. The van der Waals surface area contributed by atoms with E-state index in [1.165, 1.54) is 11.8 Å². The molecule has 0 aromatic heterocycles. The Bertz CT molecular complexity index is 1880. The van der Waals surface area contributed by atoms with Gasteiger partial charge in [0, 0.05) is 26.9 Å². The van der Waals surface area contributed by atoms with Crippen LogP contribution in [0.25, 0.3) is 6.08 Å². The van der Waals surface area contributed by atoms with E-state index in [1.54, 1.807) is 66.7 Å². The van der Waals surface area contributed by atoms with Crippen molar-refractivity contribution in [2.45, 2.75) is 24.0 Å². The molecule has 0 heterocycles. The van der Waals surface area contributed by atoms with Crippen molar-refractivity contribution in [3.05, 3.63) is 166 Å². The van der Waals surface area contributed by atoms with Crippen LogP contribution < -0.4 is 16.0 Å². The smallest absolute Gasteiger partial charge is 0.272 e. The lowest BCUT2D eigenvalue weighted by molar-refractivity contribution is -0.116. The molecule has 0 aliphatic rings. The number of nitrogens with one attached hydrogen (secondary N) is 3. The first kappa shape index (κ1) is 32.3. The van der Waals surface area contributed by atoms with E-state index in [-0.39, 0.29) is 11.6 Å². The molecule has 5 rings (SSSR count). The number of aryl methyl sites for hydroxylation is 1. The summed E-state index contributed by atoms with van der Waals surface area (Å²) in [6.45, 7) is 4.01. The Hall–Kier alpha value is -5.11. The number of benzene rings is 5. The van der Waals surface area contributed by atoms with Crippen LogP contribution in [0.15, 0.2) is 138 Å². The summed E-state index contributed by atoms with van der Waals surface area (Å²) in [6.07, 6.45) is 1.57. The number of carbonyl (C=O) groups excluding carboxylic acids is 3. The maximum Gasteiger partial charge on any atom is 0.272 e. The third-order valence-electron chi connectivity index (χ3n) is 7.26. The van der Waals surface area contributed by atoms with Crippen LogP contribution in [0, 0.1) is 13.8 Å². The third-order valence-corrected chi connectivity index (χ3v) is 8.76. The largest absolute Gasteiger partial charge is 0.325 e. The molecule has 0 radical (unpaired) electrons. The third kappa shape index (κ3) is 8.53. The highest BCUT2D eigenvalue weighted by molar-refractivity contribution is 8.00. The zero-order chi connectivity index (χ0) is 32.5. The Morgan fingerprint density at radius 1 is 0.739 bits per heavy atom. The van der Waals surface area contributed by atoms with Crippen molar-refractivity contribution in [1.82, 2.24) is 5.32 Å². The summed E-state index contributed by atoms with van der Waals surface area (Å²) < 4.78 is 0. The van der Waals surface area contributed by atoms with Crippen LogP contribution in [0.3, 0.4) is 0 Å². The van der Waals surface area contributed by atoms with Crippen LogP contribution in [-0.4, -0.2) is 17.7 Å². The summed E-state index contributed by atoms with van der Waals surface area (Å²) in [7, 11) is 0. The number of amides is 3. The second kappa shape index (κ2) is 15.3. The van der Waals surface area contributed by atoms with E-state index in [0.29, 0.717) is 21.8 Å². The molecule has 0 aliphatic carbocycles. The normalized spacial score (nSPS) is 11.8. The van der Waals surface area contributed by atoms with Crippen LogP contribution in [0.1, 0.15) is 37.9 Å². The number of hydrogen-bond acceptors (Lipinski definition) is 4. The number of hydrogen-bond donors (Lipinski definition) is 3. The molecule has 8 heteroatoms. The van der Waals surface area contributed by atoms with Gasteiger partial charge in [-0.2, -0.15) is 0 Å². The minimum absolute atomic E-state index is 0.0572. The van der Waals surface area contributed by atoms with Gasteiger partial charge in [-0.25, -0.2) is 0 Å². The first-order valence-electron chi connectivity index (χ1n) is 14.6. The maximum atomic E-state index is 13.6. The molecule has 0 bridgehead atoms. The molecule has 230 valence electrons. The summed E-state index contributed by atoms with van der Waals surface area (Å²) in [5.74, 6) is -1.05. The highest BCUT2D eigenvalue weighted by Crippen LogP contribution is 2.37.